The number of aliphatic hydroxyl groups excluding tert-OH is 1. The van der Waals surface area contributed by atoms with Crippen LogP contribution in [0.25, 0.3) is 0 Å². The highest BCUT2D eigenvalue weighted by Crippen LogP contribution is 1.94. The number of hydrogen-bond acceptors (Lipinski definition) is 3. The van der Waals surface area contributed by atoms with Gasteiger partial charge in [-0.2, -0.15) is 0 Å². The molecular formula is C5H9IO3. The summed E-state index contributed by atoms with van der Waals surface area (Å²) in [5.41, 5.74) is 0. The minimum Gasteiger partial charge on any atom is -0.435 e. The first-order valence-electron chi connectivity index (χ1n) is 2.64. The van der Waals surface area contributed by atoms with Crippen LogP contribution in [0.2, 0.25) is 0 Å². The van der Waals surface area contributed by atoms with Crippen molar-refractivity contribution in [2.45, 2.75) is 19.6 Å². The van der Waals surface area contributed by atoms with Crippen molar-refractivity contribution in [3.63, 3.8) is 0 Å². The largest absolute Gasteiger partial charge is 0.435 e. The van der Waals surface area contributed by atoms with E-state index in [0.717, 1.165) is 0 Å². The molecular weight excluding hydrogens is 235 g/mol. The molecule has 54 valence electrons. The second-order valence-corrected chi connectivity index (χ2v) is 2.25. The summed E-state index contributed by atoms with van der Waals surface area (Å²) in [5, 5.41) is 8.71. The molecule has 0 radical (unpaired) electrons. The highest BCUT2D eigenvalue weighted by atomic mass is 127. The lowest BCUT2D eigenvalue weighted by atomic mass is 10.5. The molecule has 0 aliphatic heterocycles. The monoisotopic (exact) mass is 244 g/mol. The fraction of sp³-hybridized carbons (Fsp3) is 0.800. The van der Waals surface area contributed by atoms with Crippen LogP contribution in [-0.4, -0.2) is 21.8 Å². The minimum atomic E-state index is -0.924. The lowest BCUT2D eigenvalue weighted by molar-refractivity contribution is -0.164. The van der Waals surface area contributed by atoms with Gasteiger partial charge in [0, 0.05) is 6.42 Å². The molecule has 9 heavy (non-hydrogen) atoms. The summed E-state index contributed by atoms with van der Waals surface area (Å²) in [6.07, 6.45) is -0.477. The summed E-state index contributed by atoms with van der Waals surface area (Å²) < 4.78 is 4.74. The van der Waals surface area contributed by atoms with Crippen LogP contribution in [0, 0.1) is 0 Å². The van der Waals surface area contributed by atoms with Crippen molar-refractivity contribution in [2.24, 2.45) is 0 Å². The molecule has 1 unspecified atom stereocenters. The number of carbonyl (C=O) groups excluding carboxylic acids is 1. The van der Waals surface area contributed by atoms with Crippen molar-refractivity contribution in [1.29, 1.82) is 0 Å². The number of carbonyl (C=O) groups is 1. The molecule has 4 heteroatoms. The molecule has 3 nitrogen and oxygen atoms in total. The van der Waals surface area contributed by atoms with E-state index in [1.807, 2.05) is 22.6 Å². The van der Waals surface area contributed by atoms with Gasteiger partial charge < -0.3 is 9.84 Å². The summed E-state index contributed by atoms with van der Waals surface area (Å²) >= 11 is 1.88. The van der Waals surface area contributed by atoms with Crippen molar-refractivity contribution >= 4 is 28.6 Å². The third kappa shape index (κ3) is 4.65. The lowest BCUT2D eigenvalue weighted by Gasteiger charge is -2.06. The quantitative estimate of drug-likeness (QED) is 0.344. The molecule has 0 aromatic rings. The van der Waals surface area contributed by atoms with E-state index >= 15 is 0 Å². The average molecular weight is 244 g/mol. The molecule has 0 aliphatic carbocycles. The average Bonchev–Trinajstić information content (AvgIpc) is 1.87. The van der Waals surface area contributed by atoms with E-state index in [2.05, 4.69) is 4.74 Å². The maximum Gasteiger partial charge on any atom is 0.318 e. The van der Waals surface area contributed by atoms with Crippen molar-refractivity contribution in [2.75, 3.05) is 4.43 Å². The fourth-order valence-corrected chi connectivity index (χ4v) is 0.446. The third-order valence-electron chi connectivity index (χ3n) is 0.726. The second-order valence-electron chi connectivity index (χ2n) is 1.49. The van der Waals surface area contributed by atoms with Gasteiger partial charge in [-0.3, -0.25) is 4.79 Å². The van der Waals surface area contributed by atoms with Gasteiger partial charge in [0.1, 0.15) is 0 Å². The third-order valence-corrected chi connectivity index (χ3v) is 1.35. The standard InChI is InChI=1S/C5H9IO3/c1-2-4(7)9-5(8)3-6/h4,7H,2-3H2,1H3. The zero-order valence-corrected chi connectivity index (χ0v) is 7.29. The van der Waals surface area contributed by atoms with Gasteiger partial charge in [0.25, 0.3) is 0 Å². The zero-order valence-electron chi connectivity index (χ0n) is 5.13. The Morgan fingerprint density at radius 2 is 2.44 bits per heavy atom. The van der Waals surface area contributed by atoms with E-state index in [-0.39, 0.29) is 10.4 Å². The van der Waals surface area contributed by atoms with E-state index in [0.29, 0.717) is 6.42 Å². The smallest absolute Gasteiger partial charge is 0.318 e. The SMILES string of the molecule is CCC(O)OC(=O)CI. The van der Waals surface area contributed by atoms with Gasteiger partial charge in [0.15, 0.2) is 6.29 Å². The molecule has 0 bridgehead atoms. The van der Waals surface area contributed by atoms with E-state index in [1.165, 1.54) is 0 Å². The van der Waals surface area contributed by atoms with Gasteiger partial charge >= 0.3 is 5.97 Å². The summed E-state index contributed by atoms with van der Waals surface area (Å²) in [4.78, 5) is 10.4. The van der Waals surface area contributed by atoms with Crippen LogP contribution in [-0.2, 0) is 9.53 Å². The number of alkyl halides is 1. The number of rotatable bonds is 3. The Balaban J connectivity index is 3.34. The normalized spacial score (nSPS) is 12.8. The Morgan fingerprint density at radius 1 is 1.89 bits per heavy atom. The Hall–Kier alpha value is 0.160. The maximum absolute atomic E-state index is 10.4. The summed E-state index contributed by atoms with van der Waals surface area (Å²) in [7, 11) is 0. The van der Waals surface area contributed by atoms with Gasteiger partial charge in [0.05, 0.1) is 4.43 Å². The number of esters is 1. The Labute approximate surface area is 67.5 Å². The molecule has 0 amide bonds. The van der Waals surface area contributed by atoms with Crippen molar-refractivity contribution in [1.82, 2.24) is 0 Å². The van der Waals surface area contributed by atoms with Gasteiger partial charge in [-0.1, -0.05) is 29.5 Å². The van der Waals surface area contributed by atoms with Crippen LogP contribution < -0.4 is 0 Å². The lowest BCUT2D eigenvalue weighted by Crippen LogP contribution is -2.16. The highest BCUT2D eigenvalue weighted by molar-refractivity contribution is 14.1. The number of ether oxygens (including phenoxy) is 1. The number of hydrogen-bond donors (Lipinski definition) is 1. The van der Waals surface area contributed by atoms with Crippen LogP contribution in [0.1, 0.15) is 13.3 Å². The van der Waals surface area contributed by atoms with Crippen LogP contribution in [0.5, 0.6) is 0 Å². The molecule has 0 saturated carbocycles. The zero-order chi connectivity index (χ0) is 7.28. The van der Waals surface area contributed by atoms with E-state index in [9.17, 15) is 4.79 Å². The predicted molar refractivity (Wildman–Crippen MR) is 41.3 cm³/mol. The molecule has 0 aromatic heterocycles. The van der Waals surface area contributed by atoms with E-state index < -0.39 is 6.29 Å². The molecule has 0 heterocycles. The number of aliphatic hydroxyl groups is 1. The van der Waals surface area contributed by atoms with Gasteiger partial charge in [0.2, 0.25) is 0 Å². The first kappa shape index (κ1) is 9.16. The van der Waals surface area contributed by atoms with Crippen molar-refractivity contribution in [3.05, 3.63) is 0 Å². The van der Waals surface area contributed by atoms with Gasteiger partial charge in [-0.15, -0.1) is 0 Å². The molecule has 0 saturated heterocycles. The summed E-state index contributed by atoms with van der Waals surface area (Å²) in [5.74, 6) is -0.370. The van der Waals surface area contributed by atoms with Gasteiger partial charge in [-0.05, 0) is 0 Å². The fourth-order valence-electron chi connectivity index (χ4n) is 0.267. The molecule has 0 aliphatic rings. The van der Waals surface area contributed by atoms with E-state index in [1.54, 1.807) is 6.92 Å². The Kier molecular flexibility index (Phi) is 5.07. The predicted octanol–water partition coefficient (Wildman–Crippen LogP) is 0.693. The number of halogens is 1. The van der Waals surface area contributed by atoms with Crippen LogP contribution >= 0.6 is 22.6 Å². The summed E-state index contributed by atoms with van der Waals surface area (Å²) in [6, 6.07) is 0. The maximum atomic E-state index is 10.4. The first-order valence-corrected chi connectivity index (χ1v) is 4.16. The van der Waals surface area contributed by atoms with Crippen LogP contribution in [0.3, 0.4) is 0 Å². The van der Waals surface area contributed by atoms with Crippen molar-refractivity contribution < 1.29 is 14.6 Å². The van der Waals surface area contributed by atoms with E-state index in [4.69, 9.17) is 5.11 Å². The highest BCUT2D eigenvalue weighted by Gasteiger charge is 2.05. The first-order chi connectivity index (χ1) is 4.20. The minimum absolute atomic E-state index is 0.287. The molecule has 0 fully saturated rings. The molecule has 0 spiro atoms. The van der Waals surface area contributed by atoms with Crippen LogP contribution in [0.4, 0.5) is 0 Å². The Morgan fingerprint density at radius 3 is 2.78 bits per heavy atom. The molecule has 0 aromatic carbocycles. The molecule has 0 rings (SSSR count). The molecule has 1 atom stereocenters. The topological polar surface area (TPSA) is 46.5 Å². The van der Waals surface area contributed by atoms with Crippen molar-refractivity contribution in [3.8, 4) is 0 Å². The Bertz CT molecular complexity index is 94.2. The van der Waals surface area contributed by atoms with Gasteiger partial charge in [-0.25, -0.2) is 0 Å². The van der Waals surface area contributed by atoms with Crippen LogP contribution in [0.15, 0.2) is 0 Å². The second kappa shape index (κ2) is 4.99. The molecule has 1 N–H and O–H groups in total. The summed E-state index contributed by atoms with van der Waals surface area (Å²) in [6.45, 7) is 1.74.